The van der Waals surface area contributed by atoms with E-state index < -0.39 is 6.10 Å². The van der Waals surface area contributed by atoms with E-state index in [0.717, 1.165) is 11.3 Å². The third-order valence-corrected chi connectivity index (χ3v) is 4.10. The second-order valence-electron chi connectivity index (χ2n) is 5.19. The van der Waals surface area contributed by atoms with E-state index in [1.165, 1.54) is 12.1 Å². The second kappa shape index (κ2) is 6.46. The van der Waals surface area contributed by atoms with Gasteiger partial charge in [0.25, 0.3) is 0 Å². The molecule has 0 bridgehead atoms. The molecule has 4 heteroatoms. The first-order valence-corrected chi connectivity index (χ1v) is 7.24. The standard InChI is InChI=1S/C17H19ClFNO/c1-11(14-6-4-5-7-16(14)18)20(3)17-9-8-13(19)10-15(17)12(2)21/h4-12,21H,1-3H3/t11?,12-/m1/s1. The fraction of sp³-hybridized carbons (Fsp3) is 0.294. The number of nitrogens with zero attached hydrogens (tertiary/aromatic N) is 1. The lowest BCUT2D eigenvalue weighted by Crippen LogP contribution is -2.23. The summed E-state index contributed by atoms with van der Waals surface area (Å²) in [5, 5.41) is 10.6. The first-order valence-electron chi connectivity index (χ1n) is 6.86. The predicted molar refractivity (Wildman–Crippen MR) is 85.3 cm³/mol. The molecule has 0 amide bonds. The highest BCUT2D eigenvalue weighted by Gasteiger charge is 2.19. The number of hydrogen-bond acceptors (Lipinski definition) is 2. The molecule has 0 radical (unpaired) electrons. The molecule has 0 fully saturated rings. The Morgan fingerprint density at radius 2 is 1.76 bits per heavy atom. The molecule has 0 saturated carbocycles. The van der Waals surface area contributed by atoms with Gasteiger partial charge in [0.2, 0.25) is 0 Å². The Morgan fingerprint density at radius 3 is 2.38 bits per heavy atom. The number of aliphatic hydroxyl groups is 1. The van der Waals surface area contributed by atoms with Crippen molar-refractivity contribution in [3.63, 3.8) is 0 Å². The summed E-state index contributed by atoms with van der Waals surface area (Å²) < 4.78 is 13.4. The molecular weight excluding hydrogens is 289 g/mol. The van der Waals surface area contributed by atoms with Crippen LogP contribution in [0.5, 0.6) is 0 Å². The van der Waals surface area contributed by atoms with Crippen LogP contribution in [0, 0.1) is 5.82 Å². The van der Waals surface area contributed by atoms with E-state index in [1.807, 2.05) is 43.1 Å². The largest absolute Gasteiger partial charge is 0.389 e. The Kier molecular flexibility index (Phi) is 4.86. The SMILES string of the molecule is CC(c1ccccc1Cl)N(C)c1ccc(F)cc1[C@@H](C)O. The van der Waals surface area contributed by atoms with Crippen LogP contribution in [-0.4, -0.2) is 12.2 Å². The summed E-state index contributed by atoms with van der Waals surface area (Å²) in [5.41, 5.74) is 2.35. The molecule has 21 heavy (non-hydrogen) atoms. The summed E-state index contributed by atoms with van der Waals surface area (Å²) in [5.74, 6) is -0.353. The summed E-state index contributed by atoms with van der Waals surface area (Å²) in [6, 6.07) is 12.1. The second-order valence-corrected chi connectivity index (χ2v) is 5.59. The van der Waals surface area contributed by atoms with Gasteiger partial charge in [-0.3, -0.25) is 0 Å². The highest BCUT2D eigenvalue weighted by Crippen LogP contribution is 2.34. The molecule has 2 atom stereocenters. The maximum atomic E-state index is 13.4. The quantitative estimate of drug-likeness (QED) is 0.882. The molecule has 0 saturated heterocycles. The van der Waals surface area contributed by atoms with Gasteiger partial charge in [0.1, 0.15) is 5.82 Å². The molecule has 2 nitrogen and oxygen atoms in total. The van der Waals surface area contributed by atoms with Crippen LogP contribution in [0.4, 0.5) is 10.1 Å². The van der Waals surface area contributed by atoms with Gasteiger partial charge in [-0.15, -0.1) is 0 Å². The molecule has 1 unspecified atom stereocenters. The van der Waals surface area contributed by atoms with Gasteiger partial charge in [-0.2, -0.15) is 0 Å². The smallest absolute Gasteiger partial charge is 0.123 e. The predicted octanol–water partition coefficient (Wildman–Crippen LogP) is 4.73. The normalized spacial score (nSPS) is 13.8. The van der Waals surface area contributed by atoms with E-state index in [-0.39, 0.29) is 11.9 Å². The minimum absolute atomic E-state index is 0.00154. The van der Waals surface area contributed by atoms with Crippen molar-refractivity contribution in [3.8, 4) is 0 Å². The highest BCUT2D eigenvalue weighted by molar-refractivity contribution is 6.31. The van der Waals surface area contributed by atoms with Crippen LogP contribution in [0.1, 0.15) is 37.1 Å². The third kappa shape index (κ3) is 3.36. The molecule has 2 rings (SSSR count). The van der Waals surface area contributed by atoms with Crippen LogP contribution < -0.4 is 4.90 Å². The van der Waals surface area contributed by atoms with E-state index >= 15 is 0 Å². The molecule has 0 spiro atoms. The van der Waals surface area contributed by atoms with Crippen molar-refractivity contribution in [3.05, 3.63) is 64.4 Å². The maximum absolute atomic E-state index is 13.4. The molecule has 0 aliphatic carbocycles. The van der Waals surface area contributed by atoms with Gasteiger partial charge in [0, 0.05) is 23.3 Å². The first-order chi connectivity index (χ1) is 9.91. The Morgan fingerprint density at radius 1 is 1.10 bits per heavy atom. The Hall–Kier alpha value is -1.58. The number of rotatable bonds is 4. The molecule has 0 aromatic heterocycles. The topological polar surface area (TPSA) is 23.5 Å². The Labute approximate surface area is 129 Å². The van der Waals surface area contributed by atoms with Crippen LogP contribution in [0.25, 0.3) is 0 Å². The monoisotopic (exact) mass is 307 g/mol. The van der Waals surface area contributed by atoms with Gasteiger partial charge in [0.15, 0.2) is 0 Å². The summed E-state index contributed by atoms with van der Waals surface area (Å²) in [6.07, 6.45) is -0.739. The highest BCUT2D eigenvalue weighted by atomic mass is 35.5. The van der Waals surface area contributed by atoms with Crippen LogP contribution in [-0.2, 0) is 0 Å². The Balaban J connectivity index is 2.40. The van der Waals surface area contributed by atoms with Gasteiger partial charge in [0.05, 0.1) is 12.1 Å². The average Bonchev–Trinajstić information content (AvgIpc) is 2.46. The van der Waals surface area contributed by atoms with Gasteiger partial charge < -0.3 is 10.0 Å². The van der Waals surface area contributed by atoms with E-state index in [9.17, 15) is 9.50 Å². The molecule has 112 valence electrons. The van der Waals surface area contributed by atoms with Crippen molar-refractivity contribution >= 4 is 17.3 Å². The van der Waals surface area contributed by atoms with Gasteiger partial charge in [-0.1, -0.05) is 29.8 Å². The fourth-order valence-electron chi connectivity index (χ4n) is 2.41. The zero-order chi connectivity index (χ0) is 15.6. The lowest BCUT2D eigenvalue weighted by molar-refractivity contribution is 0.199. The van der Waals surface area contributed by atoms with Crippen molar-refractivity contribution in [2.75, 3.05) is 11.9 Å². The van der Waals surface area contributed by atoms with Crippen LogP contribution in [0.3, 0.4) is 0 Å². The summed E-state index contributed by atoms with van der Waals surface area (Å²) in [7, 11) is 1.91. The molecule has 2 aromatic carbocycles. The van der Waals surface area contributed by atoms with Crippen LogP contribution in [0.2, 0.25) is 5.02 Å². The number of hydrogen-bond donors (Lipinski definition) is 1. The van der Waals surface area contributed by atoms with Crippen molar-refractivity contribution in [2.45, 2.75) is 26.0 Å². The fourth-order valence-corrected chi connectivity index (χ4v) is 2.71. The summed E-state index contributed by atoms with van der Waals surface area (Å²) in [4.78, 5) is 1.99. The third-order valence-electron chi connectivity index (χ3n) is 3.76. The Bertz CT molecular complexity index is 630. The van der Waals surface area contributed by atoms with Gasteiger partial charge in [-0.25, -0.2) is 4.39 Å². The van der Waals surface area contributed by atoms with Crippen LogP contribution in [0.15, 0.2) is 42.5 Å². The number of halogens is 2. The lowest BCUT2D eigenvalue weighted by Gasteiger charge is -2.30. The van der Waals surface area contributed by atoms with E-state index in [2.05, 4.69) is 0 Å². The van der Waals surface area contributed by atoms with Crippen molar-refractivity contribution in [1.29, 1.82) is 0 Å². The minimum Gasteiger partial charge on any atom is -0.389 e. The summed E-state index contributed by atoms with van der Waals surface area (Å²) >= 11 is 6.24. The lowest BCUT2D eigenvalue weighted by atomic mass is 10.0. The molecule has 0 aliphatic heterocycles. The molecule has 0 aliphatic rings. The molecule has 0 heterocycles. The minimum atomic E-state index is -0.739. The van der Waals surface area contributed by atoms with E-state index in [0.29, 0.717) is 10.6 Å². The van der Waals surface area contributed by atoms with E-state index in [1.54, 1.807) is 13.0 Å². The van der Waals surface area contributed by atoms with E-state index in [4.69, 9.17) is 11.6 Å². The van der Waals surface area contributed by atoms with Gasteiger partial charge in [-0.05, 0) is 43.7 Å². The molecular formula is C17H19ClFNO. The van der Waals surface area contributed by atoms with Crippen molar-refractivity contribution in [1.82, 2.24) is 0 Å². The average molecular weight is 308 g/mol. The summed E-state index contributed by atoms with van der Waals surface area (Å²) in [6.45, 7) is 3.66. The van der Waals surface area contributed by atoms with Crippen molar-refractivity contribution in [2.24, 2.45) is 0 Å². The number of benzene rings is 2. The number of anilines is 1. The van der Waals surface area contributed by atoms with Gasteiger partial charge >= 0.3 is 0 Å². The molecule has 2 aromatic rings. The first kappa shape index (κ1) is 15.8. The van der Waals surface area contributed by atoms with Crippen LogP contribution >= 0.6 is 11.6 Å². The van der Waals surface area contributed by atoms with Crippen molar-refractivity contribution < 1.29 is 9.50 Å². The maximum Gasteiger partial charge on any atom is 0.123 e. The number of aliphatic hydroxyl groups excluding tert-OH is 1. The zero-order valence-electron chi connectivity index (χ0n) is 12.3. The zero-order valence-corrected chi connectivity index (χ0v) is 13.1. The molecule has 1 N–H and O–H groups in total.